The third kappa shape index (κ3) is 2.45. The second-order valence-corrected chi connectivity index (χ2v) is 4.77. The van der Waals surface area contributed by atoms with Crippen molar-refractivity contribution in [3.8, 4) is 5.75 Å². The van der Waals surface area contributed by atoms with Crippen LogP contribution in [0.2, 0.25) is 0 Å². The number of nitrogens with zero attached hydrogens (tertiary/aromatic N) is 2. The highest BCUT2D eigenvalue weighted by Gasteiger charge is 2.15. The van der Waals surface area contributed by atoms with E-state index in [1.54, 1.807) is 13.2 Å². The van der Waals surface area contributed by atoms with Crippen molar-refractivity contribution in [2.75, 3.05) is 7.11 Å². The second kappa shape index (κ2) is 5.28. The summed E-state index contributed by atoms with van der Waals surface area (Å²) in [4.78, 5) is 10.8. The predicted octanol–water partition coefficient (Wildman–Crippen LogP) is 3.61. The van der Waals surface area contributed by atoms with Crippen LogP contribution in [0.5, 0.6) is 5.75 Å². The smallest absolute Gasteiger partial charge is 0.293 e. The van der Waals surface area contributed by atoms with E-state index in [2.05, 4.69) is 0 Å². The summed E-state index contributed by atoms with van der Waals surface area (Å²) in [5, 5.41) is 12.1. The Hall–Kier alpha value is -2.82. The summed E-state index contributed by atoms with van der Waals surface area (Å²) in [6.45, 7) is 0.561. The van der Waals surface area contributed by atoms with Crippen molar-refractivity contribution in [1.29, 1.82) is 0 Å². The summed E-state index contributed by atoms with van der Waals surface area (Å²) < 4.78 is 7.10. The number of rotatable bonds is 4. The molecule has 0 atom stereocenters. The maximum Gasteiger partial charge on any atom is 0.293 e. The minimum absolute atomic E-state index is 0.125. The van der Waals surface area contributed by atoms with Crippen LogP contribution >= 0.6 is 0 Å². The number of ether oxygens (including phenoxy) is 1. The molecule has 0 fully saturated rings. The molecule has 3 aromatic rings. The first-order valence-corrected chi connectivity index (χ1v) is 6.54. The predicted molar refractivity (Wildman–Crippen MR) is 80.7 cm³/mol. The largest absolute Gasteiger partial charge is 0.497 e. The average molecular weight is 282 g/mol. The molecule has 106 valence electrons. The monoisotopic (exact) mass is 282 g/mol. The number of nitro benzene ring substituents is 1. The molecule has 0 aliphatic carbocycles. The first kappa shape index (κ1) is 13.2. The summed E-state index contributed by atoms with van der Waals surface area (Å²) in [6.07, 6.45) is 1.87. The van der Waals surface area contributed by atoms with E-state index in [-0.39, 0.29) is 10.6 Å². The van der Waals surface area contributed by atoms with Gasteiger partial charge in [-0.1, -0.05) is 24.3 Å². The summed E-state index contributed by atoms with van der Waals surface area (Å²) in [5.74, 6) is 0.776. The van der Waals surface area contributed by atoms with Crippen LogP contribution < -0.4 is 4.74 Å². The van der Waals surface area contributed by atoms with E-state index in [1.807, 2.05) is 47.2 Å². The van der Waals surface area contributed by atoms with Gasteiger partial charge in [0.05, 0.1) is 12.0 Å². The fourth-order valence-electron chi connectivity index (χ4n) is 2.49. The third-order valence-electron chi connectivity index (χ3n) is 3.45. The van der Waals surface area contributed by atoms with Crippen LogP contribution in [0.3, 0.4) is 0 Å². The lowest BCUT2D eigenvalue weighted by Gasteiger charge is -2.07. The molecule has 21 heavy (non-hydrogen) atoms. The highest BCUT2D eigenvalue weighted by Crippen LogP contribution is 2.27. The van der Waals surface area contributed by atoms with Crippen LogP contribution in [-0.2, 0) is 6.54 Å². The van der Waals surface area contributed by atoms with Crippen LogP contribution in [0.15, 0.2) is 54.7 Å². The fraction of sp³-hybridized carbons (Fsp3) is 0.125. The number of para-hydroxylation sites is 1. The minimum atomic E-state index is -0.343. The molecule has 0 saturated carbocycles. The molecule has 0 unspecified atom stereocenters. The van der Waals surface area contributed by atoms with Crippen molar-refractivity contribution < 1.29 is 9.66 Å². The molecule has 0 aliphatic rings. The van der Waals surface area contributed by atoms with Gasteiger partial charge < -0.3 is 9.30 Å². The van der Waals surface area contributed by atoms with Crippen molar-refractivity contribution in [2.24, 2.45) is 0 Å². The van der Waals surface area contributed by atoms with E-state index in [9.17, 15) is 10.1 Å². The Morgan fingerprint density at radius 3 is 2.76 bits per heavy atom. The molecule has 0 radical (unpaired) electrons. The van der Waals surface area contributed by atoms with E-state index in [0.29, 0.717) is 12.1 Å². The first-order valence-electron chi connectivity index (χ1n) is 6.54. The maximum absolute atomic E-state index is 11.2. The van der Waals surface area contributed by atoms with Gasteiger partial charge in [0.15, 0.2) is 0 Å². The van der Waals surface area contributed by atoms with Gasteiger partial charge in [-0.25, -0.2) is 0 Å². The summed E-state index contributed by atoms with van der Waals surface area (Å²) >= 11 is 0. The van der Waals surface area contributed by atoms with Crippen LogP contribution in [-0.4, -0.2) is 16.6 Å². The minimum Gasteiger partial charge on any atom is -0.497 e. The number of benzene rings is 2. The van der Waals surface area contributed by atoms with Gasteiger partial charge in [-0.2, -0.15) is 0 Å². The Kier molecular flexibility index (Phi) is 3.31. The molecular weight excluding hydrogens is 268 g/mol. The summed E-state index contributed by atoms with van der Waals surface area (Å²) in [7, 11) is 1.62. The normalized spacial score (nSPS) is 10.7. The molecule has 2 aromatic carbocycles. The Morgan fingerprint density at radius 1 is 1.19 bits per heavy atom. The molecule has 5 heteroatoms. The lowest BCUT2D eigenvalue weighted by molar-refractivity contribution is -0.383. The molecule has 5 nitrogen and oxygen atoms in total. The van der Waals surface area contributed by atoms with Crippen molar-refractivity contribution in [3.63, 3.8) is 0 Å². The summed E-state index contributed by atoms with van der Waals surface area (Å²) in [6, 6.07) is 14.7. The molecule has 0 amide bonds. The molecule has 0 N–H and O–H groups in total. The fourth-order valence-corrected chi connectivity index (χ4v) is 2.49. The highest BCUT2D eigenvalue weighted by atomic mass is 16.6. The SMILES string of the molecule is COc1cccc(Cn2ccc3cccc([N+](=O)[O-])c32)c1. The van der Waals surface area contributed by atoms with Gasteiger partial charge in [0, 0.05) is 24.2 Å². The molecule has 0 spiro atoms. The van der Waals surface area contributed by atoms with Gasteiger partial charge >= 0.3 is 0 Å². The lowest BCUT2D eigenvalue weighted by atomic mass is 10.2. The second-order valence-electron chi connectivity index (χ2n) is 4.77. The van der Waals surface area contributed by atoms with Crippen molar-refractivity contribution in [2.45, 2.75) is 6.54 Å². The molecule has 0 saturated heterocycles. The summed E-state index contributed by atoms with van der Waals surface area (Å²) in [5.41, 5.74) is 1.80. The highest BCUT2D eigenvalue weighted by molar-refractivity contribution is 5.88. The van der Waals surface area contributed by atoms with Crippen molar-refractivity contribution in [3.05, 3.63) is 70.4 Å². The van der Waals surface area contributed by atoms with E-state index in [4.69, 9.17) is 4.74 Å². The van der Waals surface area contributed by atoms with E-state index >= 15 is 0 Å². The van der Waals surface area contributed by atoms with Crippen LogP contribution in [0.25, 0.3) is 10.9 Å². The Morgan fingerprint density at radius 2 is 2.00 bits per heavy atom. The van der Waals surface area contributed by atoms with E-state index in [1.165, 1.54) is 6.07 Å². The Balaban J connectivity index is 2.06. The zero-order valence-corrected chi connectivity index (χ0v) is 11.5. The number of fused-ring (bicyclic) bond motifs is 1. The van der Waals surface area contributed by atoms with Gasteiger partial charge in [-0.05, 0) is 23.8 Å². The van der Waals surface area contributed by atoms with Crippen molar-refractivity contribution >= 4 is 16.6 Å². The van der Waals surface area contributed by atoms with Crippen LogP contribution in [0.4, 0.5) is 5.69 Å². The number of hydrogen-bond acceptors (Lipinski definition) is 3. The molecule has 3 rings (SSSR count). The van der Waals surface area contributed by atoms with E-state index < -0.39 is 0 Å². The number of non-ortho nitro benzene ring substituents is 1. The lowest BCUT2D eigenvalue weighted by Crippen LogP contribution is -2.00. The quantitative estimate of drug-likeness (QED) is 0.542. The molecule has 0 bridgehead atoms. The van der Waals surface area contributed by atoms with Crippen LogP contribution in [0, 0.1) is 10.1 Å². The van der Waals surface area contributed by atoms with Gasteiger partial charge in [-0.15, -0.1) is 0 Å². The van der Waals surface area contributed by atoms with Gasteiger partial charge in [0.1, 0.15) is 11.3 Å². The van der Waals surface area contributed by atoms with Crippen LogP contribution in [0.1, 0.15) is 5.56 Å². The average Bonchev–Trinajstić information content (AvgIpc) is 2.90. The first-order chi connectivity index (χ1) is 10.2. The van der Waals surface area contributed by atoms with Gasteiger partial charge in [0.25, 0.3) is 5.69 Å². The van der Waals surface area contributed by atoms with Gasteiger partial charge in [-0.3, -0.25) is 10.1 Å². The maximum atomic E-state index is 11.2. The third-order valence-corrected chi connectivity index (χ3v) is 3.45. The van der Waals surface area contributed by atoms with E-state index in [0.717, 1.165) is 16.7 Å². The zero-order valence-electron chi connectivity index (χ0n) is 11.5. The zero-order chi connectivity index (χ0) is 14.8. The number of methoxy groups -OCH3 is 1. The molecule has 1 heterocycles. The number of hydrogen-bond donors (Lipinski definition) is 0. The Bertz CT molecular complexity index is 808. The topological polar surface area (TPSA) is 57.3 Å². The molecule has 1 aromatic heterocycles. The number of aromatic nitrogens is 1. The molecular formula is C16H14N2O3. The number of nitro groups is 1. The standard InChI is InChI=1S/C16H14N2O3/c1-21-14-6-2-4-12(10-14)11-17-9-8-13-5-3-7-15(16(13)17)18(19)20/h2-10H,11H2,1H3. The Labute approximate surface area is 121 Å². The van der Waals surface area contributed by atoms with Gasteiger partial charge in [0.2, 0.25) is 0 Å². The van der Waals surface area contributed by atoms with Crippen molar-refractivity contribution in [1.82, 2.24) is 4.57 Å². The molecule has 0 aliphatic heterocycles.